The molecule has 0 fully saturated rings. The second-order valence-electron chi connectivity index (χ2n) is 2.41. The zero-order valence-electron chi connectivity index (χ0n) is 6.71. The van der Waals surface area contributed by atoms with Crippen molar-refractivity contribution in [2.45, 2.75) is 6.04 Å². The van der Waals surface area contributed by atoms with Crippen LogP contribution in [0.4, 0.5) is 0 Å². The van der Waals surface area contributed by atoms with E-state index >= 15 is 0 Å². The van der Waals surface area contributed by atoms with Gasteiger partial charge in [0.05, 0.1) is 6.07 Å². The fraction of sp³-hybridized carbons (Fsp3) is 0.222. The maximum Gasteiger partial charge on any atom is 0.121 e. The molecule has 1 atom stereocenters. The Morgan fingerprint density at radius 2 is 2.33 bits per heavy atom. The molecule has 0 amide bonds. The van der Waals surface area contributed by atoms with Gasteiger partial charge in [0.1, 0.15) is 6.04 Å². The van der Waals surface area contributed by atoms with Crippen LogP contribution < -0.4 is 5.32 Å². The van der Waals surface area contributed by atoms with Gasteiger partial charge in [-0.25, -0.2) is 0 Å². The van der Waals surface area contributed by atoms with Crippen molar-refractivity contribution in [3.63, 3.8) is 0 Å². The monoisotopic (exact) mass is 224 g/mol. The molecule has 0 radical (unpaired) electrons. The van der Waals surface area contributed by atoms with Gasteiger partial charge in [0.2, 0.25) is 0 Å². The Bertz CT molecular complexity index is 304. The highest BCUT2D eigenvalue weighted by molar-refractivity contribution is 9.10. The van der Waals surface area contributed by atoms with Gasteiger partial charge in [-0.05, 0) is 24.7 Å². The standard InChI is InChI=1S/C9H9BrN2/c1-12-9(6-11)7-3-2-4-8(10)5-7/h2-5,9,12H,1H3/t9-/m0/s1. The predicted molar refractivity (Wildman–Crippen MR) is 51.6 cm³/mol. The summed E-state index contributed by atoms with van der Waals surface area (Å²) in [5.41, 5.74) is 0.981. The first-order valence-corrected chi connectivity index (χ1v) is 4.39. The van der Waals surface area contributed by atoms with Crippen molar-refractivity contribution in [2.24, 2.45) is 0 Å². The molecule has 12 heavy (non-hydrogen) atoms. The van der Waals surface area contributed by atoms with Crippen LogP contribution in [0.2, 0.25) is 0 Å². The van der Waals surface area contributed by atoms with E-state index in [1.165, 1.54) is 0 Å². The number of nitrogens with zero attached hydrogens (tertiary/aromatic N) is 1. The summed E-state index contributed by atoms with van der Waals surface area (Å²) < 4.78 is 0.996. The molecule has 3 heteroatoms. The summed E-state index contributed by atoms with van der Waals surface area (Å²) in [6.07, 6.45) is 0. The van der Waals surface area contributed by atoms with E-state index in [-0.39, 0.29) is 6.04 Å². The van der Waals surface area contributed by atoms with Crippen molar-refractivity contribution in [3.8, 4) is 6.07 Å². The summed E-state index contributed by atoms with van der Waals surface area (Å²) in [7, 11) is 1.77. The smallest absolute Gasteiger partial charge is 0.121 e. The molecular formula is C9H9BrN2. The minimum absolute atomic E-state index is 0.220. The largest absolute Gasteiger partial charge is 0.301 e. The highest BCUT2D eigenvalue weighted by atomic mass is 79.9. The Kier molecular flexibility index (Phi) is 3.27. The minimum Gasteiger partial charge on any atom is -0.301 e. The van der Waals surface area contributed by atoms with E-state index < -0.39 is 0 Å². The molecule has 0 unspecified atom stereocenters. The first kappa shape index (κ1) is 9.24. The van der Waals surface area contributed by atoms with Gasteiger partial charge in [-0.2, -0.15) is 5.26 Å². The Hall–Kier alpha value is -0.850. The normalized spacial score (nSPS) is 12.1. The Morgan fingerprint density at radius 1 is 1.58 bits per heavy atom. The van der Waals surface area contributed by atoms with Crippen LogP contribution in [0.1, 0.15) is 11.6 Å². The second kappa shape index (κ2) is 4.24. The third kappa shape index (κ3) is 2.07. The number of nitrogens with one attached hydrogen (secondary N) is 1. The molecule has 1 aromatic carbocycles. The van der Waals surface area contributed by atoms with E-state index in [4.69, 9.17) is 5.26 Å². The molecular weight excluding hydrogens is 216 g/mol. The van der Waals surface area contributed by atoms with Gasteiger partial charge in [-0.1, -0.05) is 28.1 Å². The van der Waals surface area contributed by atoms with Crippen LogP contribution in [0.5, 0.6) is 0 Å². The van der Waals surface area contributed by atoms with Crippen LogP contribution in [-0.2, 0) is 0 Å². The molecule has 0 aliphatic heterocycles. The number of nitriles is 1. The number of hydrogen-bond donors (Lipinski definition) is 1. The maximum atomic E-state index is 8.74. The van der Waals surface area contributed by atoms with E-state index in [2.05, 4.69) is 27.3 Å². The average molecular weight is 225 g/mol. The van der Waals surface area contributed by atoms with Crippen molar-refractivity contribution in [1.82, 2.24) is 5.32 Å². The van der Waals surface area contributed by atoms with E-state index in [0.29, 0.717) is 0 Å². The lowest BCUT2D eigenvalue weighted by atomic mass is 10.1. The third-order valence-electron chi connectivity index (χ3n) is 1.60. The Morgan fingerprint density at radius 3 is 2.83 bits per heavy atom. The van der Waals surface area contributed by atoms with Gasteiger partial charge < -0.3 is 5.32 Å². The zero-order valence-corrected chi connectivity index (χ0v) is 8.30. The maximum absolute atomic E-state index is 8.74. The first-order chi connectivity index (χ1) is 5.77. The van der Waals surface area contributed by atoms with E-state index in [0.717, 1.165) is 10.0 Å². The fourth-order valence-corrected chi connectivity index (χ4v) is 1.41. The van der Waals surface area contributed by atoms with Gasteiger partial charge in [-0.15, -0.1) is 0 Å². The SMILES string of the molecule is CN[C@@H](C#N)c1cccc(Br)c1. The first-order valence-electron chi connectivity index (χ1n) is 3.60. The van der Waals surface area contributed by atoms with E-state index in [1.54, 1.807) is 7.05 Å². The van der Waals surface area contributed by atoms with Crippen molar-refractivity contribution in [2.75, 3.05) is 7.05 Å². The molecule has 0 aromatic heterocycles. The van der Waals surface area contributed by atoms with Crippen LogP contribution in [0.15, 0.2) is 28.7 Å². The number of rotatable bonds is 2. The summed E-state index contributed by atoms with van der Waals surface area (Å²) in [6.45, 7) is 0. The van der Waals surface area contributed by atoms with Crippen LogP contribution in [0.25, 0.3) is 0 Å². The summed E-state index contributed by atoms with van der Waals surface area (Å²) >= 11 is 3.35. The van der Waals surface area contributed by atoms with Crippen molar-refractivity contribution in [1.29, 1.82) is 5.26 Å². The molecule has 0 saturated heterocycles. The van der Waals surface area contributed by atoms with Crippen molar-refractivity contribution >= 4 is 15.9 Å². The highest BCUT2D eigenvalue weighted by Gasteiger charge is 2.06. The lowest BCUT2D eigenvalue weighted by Crippen LogP contribution is -2.13. The highest BCUT2D eigenvalue weighted by Crippen LogP contribution is 2.16. The molecule has 0 heterocycles. The average Bonchev–Trinajstić information content (AvgIpc) is 2.07. The van der Waals surface area contributed by atoms with Gasteiger partial charge in [0, 0.05) is 4.47 Å². The molecule has 1 aromatic rings. The lowest BCUT2D eigenvalue weighted by molar-refractivity contribution is 0.727. The summed E-state index contributed by atoms with van der Waals surface area (Å²) in [6, 6.07) is 9.66. The summed E-state index contributed by atoms with van der Waals surface area (Å²) in [4.78, 5) is 0. The molecule has 0 bridgehead atoms. The van der Waals surface area contributed by atoms with Gasteiger partial charge in [0.15, 0.2) is 0 Å². The van der Waals surface area contributed by atoms with Crippen molar-refractivity contribution < 1.29 is 0 Å². The molecule has 1 rings (SSSR count). The van der Waals surface area contributed by atoms with Crippen molar-refractivity contribution in [3.05, 3.63) is 34.3 Å². The summed E-state index contributed by atoms with van der Waals surface area (Å²) in [5.74, 6) is 0. The molecule has 0 spiro atoms. The topological polar surface area (TPSA) is 35.8 Å². The quantitative estimate of drug-likeness (QED) is 0.837. The Balaban J connectivity index is 2.95. The second-order valence-corrected chi connectivity index (χ2v) is 3.32. The number of halogens is 1. The molecule has 0 aliphatic rings. The molecule has 0 saturated carbocycles. The predicted octanol–water partition coefficient (Wildman–Crippen LogP) is 2.23. The van der Waals surface area contributed by atoms with Gasteiger partial charge in [0.25, 0.3) is 0 Å². The molecule has 1 N–H and O–H groups in total. The number of benzene rings is 1. The Labute approximate surface area is 80.3 Å². The lowest BCUT2D eigenvalue weighted by Gasteiger charge is -2.07. The fourth-order valence-electron chi connectivity index (χ4n) is 0.992. The van der Waals surface area contributed by atoms with Gasteiger partial charge in [-0.3, -0.25) is 0 Å². The number of hydrogen-bond acceptors (Lipinski definition) is 2. The van der Waals surface area contributed by atoms with Crippen LogP contribution in [-0.4, -0.2) is 7.05 Å². The zero-order chi connectivity index (χ0) is 8.97. The van der Waals surface area contributed by atoms with Crippen LogP contribution in [0.3, 0.4) is 0 Å². The third-order valence-corrected chi connectivity index (χ3v) is 2.09. The minimum atomic E-state index is -0.220. The van der Waals surface area contributed by atoms with Crippen LogP contribution >= 0.6 is 15.9 Å². The van der Waals surface area contributed by atoms with Crippen LogP contribution in [0, 0.1) is 11.3 Å². The van der Waals surface area contributed by atoms with Gasteiger partial charge >= 0.3 is 0 Å². The molecule has 62 valence electrons. The van der Waals surface area contributed by atoms with E-state index in [1.807, 2.05) is 24.3 Å². The molecule has 0 aliphatic carbocycles. The molecule has 2 nitrogen and oxygen atoms in total. The van der Waals surface area contributed by atoms with E-state index in [9.17, 15) is 0 Å². The summed E-state index contributed by atoms with van der Waals surface area (Å²) in [5, 5.41) is 11.7.